The van der Waals surface area contributed by atoms with E-state index in [1.807, 2.05) is 0 Å². The first-order valence-corrected chi connectivity index (χ1v) is 4.94. The van der Waals surface area contributed by atoms with Gasteiger partial charge in [0.15, 0.2) is 0 Å². The van der Waals surface area contributed by atoms with Crippen LogP contribution in [-0.4, -0.2) is 39.2 Å². The molecule has 1 atom stereocenters. The highest BCUT2D eigenvalue weighted by Gasteiger charge is 2.23. The highest BCUT2D eigenvalue weighted by atomic mass is 16.4. The molecule has 0 fully saturated rings. The molecule has 0 spiro atoms. The van der Waals surface area contributed by atoms with Crippen molar-refractivity contribution in [2.75, 3.05) is 0 Å². The number of nitrogens with one attached hydrogen (secondary N) is 1. The summed E-state index contributed by atoms with van der Waals surface area (Å²) in [6.07, 6.45) is -0.709. The third-order valence-corrected chi connectivity index (χ3v) is 2.11. The van der Waals surface area contributed by atoms with Gasteiger partial charge < -0.3 is 20.6 Å². The van der Waals surface area contributed by atoms with E-state index in [1.54, 1.807) is 0 Å². The molecule has 0 saturated heterocycles. The summed E-state index contributed by atoms with van der Waals surface area (Å²) in [5, 5.41) is 28.4. The second-order valence-electron chi connectivity index (χ2n) is 3.51. The average Bonchev–Trinajstić information content (AvgIpc) is 2.28. The quantitative estimate of drug-likeness (QED) is 0.587. The number of phenolic OH excluding ortho intramolecular Hbond substituents is 1. The van der Waals surface area contributed by atoms with Crippen molar-refractivity contribution in [1.82, 2.24) is 5.32 Å². The molecule has 1 aromatic rings. The van der Waals surface area contributed by atoms with E-state index in [-0.39, 0.29) is 11.3 Å². The SMILES string of the molecule is O=C(O)C[C@H](NC(=O)c1ccc(O)cc1)C(=O)O. The van der Waals surface area contributed by atoms with Crippen LogP contribution in [0.25, 0.3) is 0 Å². The van der Waals surface area contributed by atoms with E-state index < -0.39 is 30.3 Å². The lowest BCUT2D eigenvalue weighted by Crippen LogP contribution is -2.42. The number of hydrogen-bond donors (Lipinski definition) is 4. The van der Waals surface area contributed by atoms with Gasteiger partial charge in [-0.25, -0.2) is 4.79 Å². The molecule has 96 valence electrons. The van der Waals surface area contributed by atoms with Gasteiger partial charge in [-0.15, -0.1) is 0 Å². The van der Waals surface area contributed by atoms with E-state index in [4.69, 9.17) is 15.3 Å². The third-order valence-electron chi connectivity index (χ3n) is 2.11. The molecule has 0 unspecified atom stereocenters. The number of aliphatic carboxylic acids is 2. The molecule has 1 amide bonds. The van der Waals surface area contributed by atoms with Crippen LogP contribution in [-0.2, 0) is 9.59 Å². The predicted molar refractivity (Wildman–Crippen MR) is 59.2 cm³/mol. The van der Waals surface area contributed by atoms with E-state index in [0.29, 0.717) is 0 Å². The molecular weight excluding hydrogens is 242 g/mol. The monoisotopic (exact) mass is 253 g/mol. The summed E-state index contributed by atoms with van der Waals surface area (Å²) in [7, 11) is 0. The van der Waals surface area contributed by atoms with Gasteiger partial charge in [-0.05, 0) is 24.3 Å². The normalized spacial score (nSPS) is 11.6. The molecule has 1 rings (SSSR count). The van der Waals surface area contributed by atoms with Crippen molar-refractivity contribution in [3.63, 3.8) is 0 Å². The Balaban J connectivity index is 2.75. The minimum Gasteiger partial charge on any atom is -0.508 e. The molecule has 0 bridgehead atoms. The molecule has 7 nitrogen and oxygen atoms in total. The fourth-order valence-electron chi connectivity index (χ4n) is 1.23. The van der Waals surface area contributed by atoms with Gasteiger partial charge >= 0.3 is 11.9 Å². The van der Waals surface area contributed by atoms with Crippen molar-refractivity contribution in [3.05, 3.63) is 29.8 Å². The number of amides is 1. The van der Waals surface area contributed by atoms with Crippen molar-refractivity contribution >= 4 is 17.8 Å². The Morgan fingerprint density at radius 3 is 2.11 bits per heavy atom. The van der Waals surface area contributed by atoms with Gasteiger partial charge in [-0.2, -0.15) is 0 Å². The van der Waals surface area contributed by atoms with Crippen molar-refractivity contribution in [2.24, 2.45) is 0 Å². The van der Waals surface area contributed by atoms with Crippen LogP contribution in [0.4, 0.5) is 0 Å². The fourth-order valence-corrected chi connectivity index (χ4v) is 1.23. The lowest BCUT2D eigenvalue weighted by molar-refractivity contribution is -0.145. The molecule has 4 N–H and O–H groups in total. The number of phenols is 1. The molecule has 0 saturated carbocycles. The Morgan fingerprint density at radius 2 is 1.67 bits per heavy atom. The summed E-state index contributed by atoms with van der Waals surface area (Å²) in [5.74, 6) is -3.51. The Labute approximate surface area is 102 Å². The smallest absolute Gasteiger partial charge is 0.326 e. The molecule has 0 aliphatic heterocycles. The lowest BCUT2D eigenvalue weighted by Gasteiger charge is -2.12. The number of hydrogen-bond acceptors (Lipinski definition) is 4. The second kappa shape index (κ2) is 5.67. The average molecular weight is 253 g/mol. The fraction of sp³-hybridized carbons (Fsp3) is 0.182. The zero-order chi connectivity index (χ0) is 13.7. The standard InChI is InChI=1S/C11H11NO6/c13-7-3-1-6(2-4-7)10(16)12-8(11(17)18)5-9(14)15/h1-4,8,13H,5H2,(H,12,16)(H,14,15)(H,17,18)/t8-/m0/s1. The summed E-state index contributed by atoms with van der Waals surface area (Å²) in [5.41, 5.74) is 0.129. The first-order chi connectivity index (χ1) is 8.40. The number of aromatic hydroxyl groups is 1. The number of rotatable bonds is 5. The Morgan fingerprint density at radius 1 is 1.11 bits per heavy atom. The van der Waals surface area contributed by atoms with Gasteiger partial charge in [-0.1, -0.05) is 0 Å². The Hall–Kier alpha value is -2.57. The van der Waals surface area contributed by atoms with Crippen LogP contribution in [0, 0.1) is 0 Å². The van der Waals surface area contributed by atoms with Crippen LogP contribution in [0.5, 0.6) is 5.75 Å². The van der Waals surface area contributed by atoms with Crippen LogP contribution in [0.15, 0.2) is 24.3 Å². The summed E-state index contributed by atoms with van der Waals surface area (Å²) in [4.78, 5) is 32.8. The summed E-state index contributed by atoms with van der Waals surface area (Å²) in [6.45, 7) is 0. The minimum atomic E-state index is -1.50. The van der Waals surface area contributed by atoms with Gasteiger partial charge in [0.1, 0.15) is 11.8 Å². The van der Waals surface area contributed by atoms with Gasteiger partial charge in [0.2, 0.25) is 0 Å². The van der Waals surface area contributed by atoms with Gasteiger partial charge in [0.05, 0.1) is 6.42 Å². The Bertz CT molecular complexity index is 467. The van der Waals surface area contributed by atoms with Crippen LogP contribution in [0.1, 0.15) is 16.8 Å². The molecule has 0 aromatic heterocycles. The summed E-state index contributed by atoms with van der Waals surface area (Å²) < 4.78 is 0. The molecule has 0 aliphatic carbocycles. The summed E-state index contributed by atoms with van der Waals surface area (Å²) >= 11 is 0. The first-order valence-electron chi connectivity index (χ1n) is 4.94. The van der Waals surface area contributed by atoms with Crippen LogP contribution < -0.4 is 5.32 Å². The molecule has 0 heterocycles. The van der Waals surface area contributed by atoms with Gasteiger partial charge in [-0.3, -0.25) is 9.59 Å². The third kappa shape index (κ3) is 3.78. The topological polar surface area (TPSA) is 124 Å². The van der Waals surface area contributed by atoms with E-state index in [2.05, 4.69) is 5.32 Å². The zero-order valence-electron chi connectivity index (χ0n) is 9.16. The second-order valence-corrected chi connectivity index (χ2v) is 3.51. The molecule has 0 aliphatic rings. The Kier molecular flexibility index (Phi) is 4.25. The minimum absolute atomic E-state index is 0.0353. The maximum atomic E-state index is 11.6. The molecule has 1 aromatic carbocycles. The van der Waals surface area contributed by atoms with Crippen LogP contribution in [0.3, 0.4) is 0 Å². The van der Waals surface area contributed by atoms with E-state index in [0.717, 1.165) is 0 Å². The number of benzene rings is 1. The van der Waals surface area contributed by atoms with Crippen molar-refractivity contribution < 1.29 is 29.7 Å². The molecule has 18 heavy (non-hydrogen) atoms. The summed E-state index contributed by atoms with van der Waals surface area (Å²) in [6, 6.07) is 3.63. The maximum absolute atomic E-state index is 11.6. The van der Waals surface area contributed by atoms with Crippen molar-refractivity contribution in [3.8, 4) is 5.75 Å². The maximum Gasteiger partial charge on any atom is 0.326 e. The first kappa shape index (κ1) is 13.5. The number of carbonyl (C=O) groups excluding carboxylic acids is 1. The van der Waals surface area contributed by atoms with Crippen molar-refractivity contribution in [1.29, 1.82) is 0 Å². The van der Waals surface area contributed by atoms with Crippen LogP contribution in [0.2, 0.25) is 0 Å². The highest BCUT2D eigenvalue weighted by Crippen LogP contribution is 2.09. The van der Waals surface area contributed by atoms with Crippen molar-refractivity contribution in [2.45, 2.75) is 12.5 Å². The van der Waals surface area contributed by atoms with Gasteiger partial charge in [0.25, 0.3) is 5.91 Å². The number of carboxylic acid groups (broad SMARTS) is 2. The predicted octanol–water partition coefficient (Wildman–Crippen LogP) is 0.0499. The van der Waals surface area contributed by atoms with Crippen LogP contribution >= 0.6 is 0 Å². The molecular formula is C11H11NO6. The van der Waals surface area contributed by atoms with E-state index >= 15 is 0 Å². The molecule has 0 radical (unpaired) electrons. The van der Waals surface area contributed by atoms with Gasteiger partial charge in [0, 0.05) is 5.56 Å². The largest absolute Gasteiger partial charge is 0.508 e. The number of carboxylic acids is 2. The number of carbonyl (C=O) groups is 3. The lowest BCUT2D eigenvalue weighted by atomic mass is 10.1. The van der Waals surface area contributed by atoms with E-state index in [9.17, 15) is 14.4 Å². The molecule has 7 heteroatoms. The zero-order valence-corrected chi connectivity index (χ0v) is 9.16. The van der Waals surface area contributed by atoms with E-state index in [1.165, 1.54) is 24.3 Å². The highest BCUT2D eigenvalue weighted by molar-refractivity contribution is 5.97.